The van der Waals surface area contributed by atoms with E-state index < -0.39 is 35.8 Å². The van der Waals surface area contributed by atoms with Gasteiger partial charge in [0, 0.05) is 12.6 Å². The lowest BCUT2D eigenvalue weighted by atomic mass is 9.95. The molecule has 1 amide bonds. The van der Waals surface area contributed by atoms with Gasteiger partial charge in [0.2, 0.25) is 11.5 Å². The zero-order chi connectivity index (χ0) is 16.8. The first-order valence-corrected chi connectivity index (χ1v) is 6.05. The summed E-state index contributed by atoms with van der Waals surface area (Å²) >= 11 is 0. The Morgan fingerprint density at radius 3 is 2.64 bits per heavy atom. The Hall–Kier alpha value is -2.29. The van der Waals surface area contributed by atoms with Gasteiger partial charge in [0.1, 0.15) is 5.76 Å². The zero-order valence-electron chi connectivity index (χ0n) is 11.5. The van der Waals surface area contributed by atoms with Gasteiger partial charge in [0.05, 0.1) is 19.8 Å². The molecule has 1 aromatic rings. The molecule has 22 heavy (non-hydrogen) atoms. The van der Waals surface area contributed by atoms with Gasteiger partial charge in [-0.3, -0.25) is 4.79 Å². The van der Waals surface area contributed by atoms with E-state index in [4.69, 9.17) is 0 Å². The van der Waals surface area contributed by atoms with Gasteiger partial charge in [-0.15, -0.1) is 0 Å². The summed E-state index contributed by atoms with van der Waals surface area (Å²) in [5.74, 6) is -2.51. The Morgan fingerprint density at radius 1 is 1.45 bits per heavy atom. The summed E-state index contributed by atoms with van der Waals surface area (Å²) in [6.07, 6.45) is -3.20. The van der Waals surface area contributed by atoms with Crippen molar-refractivity contribution in [2.75, 3.05) is 13.7 Å². The van der Waals surface area contributed by atoms with Crippen LogP contribution in [0.1, 0.15) is 12.2 Å². The van der Waals surface area contributed by atoms with Crippen LogP contribution in [0.5, 0.6) is 0 Å². The average molecular weight is 321 g/mol. The van der Waals surface area contributed by atoms with E-state index in [-0.39, 0.29) is 6.54 Å². The van der Waals surface area contributed by atoms with Gasteiger partial charge in [-0.05, 0) is 12.1 Å². The molecule has 122 valence electrons. The van der Waals surface area contributed by atoms with Crippen LogP contribution in [0.25, 0.3) is 0 Å². The first-order valence-electron chi connectivity index (χ1n) is 6.05. The third-order valence-electron chi connectivity index (χ3n) is 2.69. The van der Waals surface area contributed by atoms with Crippen LogP contribution in [-0.4, -0.2) is 36.8 Å². The van der Waals surface area contributed by atoms with E-state index in [2.05, 4.69) is 14.5 Å². The SMILES string of the molecule is COC(=O)/C=C/CNC(=O)CC(O)(c1ccco1)C(F)(F)F. The highest BCUT2D eigenvalue weighted by molar-refractivity contribution is 5.82. The molecule has 0 fully saturated rings. The van der Waals surface area contributed by atoms with Crippen molar-refractivity contribution in [3.63, 3.8) is 0 Å². The second kappa shape index (κ2) is 7.12. The number of hydrogen-bond donors (Lipinski definition) is 2. The maximum Gasteiger partial charge on any atom is 0.425 e. The minimum absolute atomic E-state index is 0.194. The van der Waals surface area contributed by atoms with E-state index in [1.807, 2.05) is 0 Å². The van der Waals surface area contributed by atoms with E-state index in [1.54, 1.807) is 0 Å². The monoisotopic (exact) mass is 321 g/mol. The van der Waals surface area contributed by atoms with Crippen molar-refractivity contribution in [1.29, 1.82) is 0 Å². The minimum atomic E-state index is -5.09. The number of nitrogens with one attached hydrogen (secondary N) is 1. The number of methoxy groups -OCH3 is 1. The third-order valence-corrected chi connectivity index (χ3v) is 2.69. The summed E-state index contributed by atoms with van der Waals surface area (Å²) in [4.78, 5) is 22.3. The molecule has 0 aliphatic heterocycles. The van der Waals surface area contributed by atoms with Gasteiger partial charge in [-0.1, -0.05) is 6.08 Å². The van der Waals surface area contributed by atoms with E-state index in [0.29, 0.717) is 0 Å². The lowest BCUT2D eigenvalue weighted by Gasteiger charge is -2.27. The maximum atomic E-state index is 13.0. The van der Waals surface area contributed by atoms with Crippen LogP contribution < -0.4 is 5.32 Å². The third kappa shape index (κ3) is 4.35. The van der Waals surface area contributed by atoms with Gasteiger partial charge in [-0.2, -0.15) is 13.2 Å². The Labute approximate surface area is 123 Å². The van der Waals surface area contributed by atoms with Crippen molar-refractivity contribution in [3.05, 3.63) is 36.3 Å². The van der Waals surface area contributed by atoms with Crippen molar-refractivity contribution < 1.29 is 37.0 Å². The number of amides is 1. The van der Waals surface area contributed by atoms with Crippen molar-refractivity contribution >= 4 is 11.9 Å². The number of ether oxygens (including phenoxy) is 1. The number of furan rings is 1. The summed E-state index contributed by atoms with van der Waals surface area (Å²) < 4.78 is 47.9. The quantitative estimate of drug-likeness (QED) is 0.608. The molecule has 0 spiro atoms. The van der Waals surface area contributed by atoms with Crippen LogP contribution in [0.4, 0.5) is 13.2 Å². The Balaban J connectivity index is 2.70. The van der Waals surface area contributed by atoms with E-state index in [0.717, 1.165) is 25.5 Å². The predicted molar refractivity (Wildman–Crippen MR) is 67.4 cm³/mol. The molecule has 6 nitrogen and oxygen atoms in total. The topological polar surface area (TPSA) is 88.8 Å². The molecule has 0 aliphatic carbocycles. The molecule has 1 atom stereocenters. The van der Waals surface area contributed by atoms with Crippen LogP contribution in [0, 0.1) is 0 Å². The molecule has 1 rings (SSSR count). The average Bonchev–Trinajstić information content (AvgIpc) is 2.96. The molecular formula is C13H14F3NO5. The highest BCUT2D eigenvalue weighted by Gasteiger charge is 2.58. The fraction of sp³-hybridized carbons (Fsp3) is 0.385. The molecule has 0 saturated carbocycles. The van der Waals surface area contributed by atoms with Crippen LogP contribution >= 0.6 is 0 Å². The number of hydrogen-bond acceptors (Lipinski definition) is 5. The fourth-order valence-corrected chi connectivity index (χ4v) is 1.53. The molecule has 0 aromatic carbocycles. The molecule has 2 N–H and O–H groups in total. The first kappa shape index (κ1) is 17.8. The summed E-state index contributed by atoms with van der Waals surface area (Å²) in [6.45, 7) is -0.194. The normalized spacial score (nSPS) is 14.6. The highest BCUT2D eigenvalue weighted by Crippen LogP contribution is 2.41. The van der Waals surface area contributed by atoms with Crippen LogP contribution in [-0.2, 0) is 19.9 Å². The maximum absolute atomic E-state index is 13.0. The molecule has 0 aliphatic rings. The smallest absolute Gasteiger partial charge is 0.425 e. The van der Waals surface area contributed by atoms with Crippen LogP contribution in [0.3, 0.4) is 0 Å². The summed E-state index contributed by atoms with van der Waals surface area (Å²) in [6, 6.07) is 2.10. The Kier molecular flexibility index (Phi) is 5.75. The molecule has 1 heterocycles. The molecular weight excluding hydrogens is 307 g/mol. The molecule has 9 heteroatoms. The van der Waals surface area contributed by atoms with E-state index in [9.17, 15) is 27.9 Å². The van der Waals surface area contributed by atoms with Gasteiger partial charge >= 0.3 is 12.1 Å². The number of esters is 1. The second-order valence-corrected chi connectivity index (χ2v) is 4.24. The van der Waals surface area contributed by atoms with Crippen LogP contribution in [0.2, 0.25) is 0 Å². The number of carbonyl (C=O) groups is 2. The van der Waals surface area contributed by atoms with Crippen molar-refractivity contribution in [3.8, 4) is 0 Å². The summed E-state index contributed by atoms with van der Waals surface area (Å²) in [5, 5.41) is 11.9. The van der Waals surface area contributed by atoms with E-state index in [1.165, 1.54) is 12.1 Å². The summed E-state index contributed by atoms with van der Waals surface area (Å²) in [5.41, 5.74) is -3.42. The van der Waals surface area contributed by atoms with Gasteiger partial charge in [-0.25, -0.2) is 4.79 Å². The first-order chi connectivity index (χ1) is 10.2. The molecule has 1 unspecified atom stereocenters. The zero-order valence-corrected chi connectivity index (χ0v) is 11.5. The number of alkyl halides is 3. The standard InChI is InChI=1S/C13H14F3NO5/c1-21-11(19)5-2-6-17-10(18)8-12(20,13(14,15)16)9-4-3-7-22-9/h2-5,7,20H,6,8H2,1H3,(H,17,18)/b5-2+. The number of aliphatic hydroxyl groups is 1. The van der Waals surface area contributed by atoms with Crippen molar-refractivity contribution in [2.45, 2.75) is 18.2 Å². The lowest BCUT2D eigenvalue weighted by molar-refractivity contribution is -0.273. The Bertz CT molecular complexity index is 538. The number of carbonyl (C=O) groups excluding carboxylic acids is 2. The van der Waals surface area contributed by atoms with E-state index >= 15 is 0 Å². The largest absolute Gasteiger partial charge is 0.466 e. The van der Waals surface area contributed by atoms with Crippen molar-refractivity contribution in [2.24, 2.45) is 0 Å². The second-order valence-electron chi connectivity index (χ2n) is 4.24. The number of rotatable bonds is 6. The molecule has 0 bridgehead atoms. The summed E-state index contributed by atoms with van der Waals surface area (Å²) in [7, 11) is 1.15. The molecule has 0 saturated heterocycles. The fourth-order valence-electron chi connectivity index (χ4n) is 1.53. The lowest BCUT2D eigenvalue weighted by Crippen LogP contribution is -2.46. The van der Waals surface area contributed by atoms with Gasteiger partial charge in [0.15, 0.2) is 0 Å². The molecule has 1 aromatic heterocycles. The van der Waals surface area contributed by atoms with Gasteiger partial charge < -0.3 is 19.6 Å². The van der Waals surface area contributed by atoms with Crippen molar-refractivity contribution in [1.82, 2.24) is 5.32 Å². The van der Waals surface area contributed by atoms with Crippen LogP contribution in [0.15, 0.2) is 35.0 Å². The minimum Gasteiger partial charge on any atom is -0.466 e. The Morgan fingerprint density at radius 2 is 2.14 bits per heavy atom. The highest BCUT2D eigenvalue weighted by atomic mass is 19.4. The number of halogens is 3. The van der Waals surface area contributed by atoms with Gasteiger partial charge in [0.25, 0.3) is 0 Å². The predicted octanol–water partition coefficient (Wildman–Crippen LogP) is 1.26. The molecule has 0 radical (unpaired) electrons.